The van der Waals surface area contributed by atoms with E-state index < -0.39 is 35.1 Å². The summed E-state index contributed by atoms with van der Waals surface area (Å²) in [5.74, 6) is -2.05. The Morgan fingerprint density at radius 2 is 1.71 bits per heavy atom. The average Bonchev–Trinajstić information content (AvgIpc) is 3.28. The second-order valence-electron chi connectivity index (χ2n) is 8.30. The Hall–Kier alpha value is -3.83. The van der Waals surface area contributed by atoms with Crippen LogP contribution >= 0.6 is 0 Å². The van der Waals surface area contributed by atoms with Gasteiger partial charge in [-0.2, -0.15) is 0 Å². The van der Waals surface area contributed by atoms with Crippen LogP contribution in [0.25, 0.3) is 0 Å². The van der Waals surface area contributed by atoms with E-state index in [4.69, 9.17) is 5.73 Å². The summed E-state index contributed by atoms with van der Waals surface area (Å²) >= 11 is 0. The van der Waals surface area contributed by atoms with Gasteiger partial charge in [0.15, 0.2) is 11.6 Å². The molecule has 2 unspecified atom stereocenters. The monoisotopic (exact) mass is 467 g/mol. The number of likely N-dealkylation sites (N-methyl/N-ethyl adjacent to an activating group) is 1. The van der Waals surface area contributed by atoms with Gasteiger partial charge in [0, 0.05) is 37.4 Å². The summed E-state index contributed by atoms with van der Waals surface area (Å²) in [7, 11) is 2.01. The minimum atomic E-state index is -1.57. The van der Waals surface area contributed by atoms with Crippen molar-refractivity contribution in [2.75, 3.05) is 38.5 Å². The Bertz CT molecular complexity index is 1100. The molecule has 0 radical (unpaired) electrons. The number of piperazine rings is 1. The second-order valence-corrected chi connectivity index (χ2v) is 8.30. The minimum absolute atomic E-state index is 0.297. The van der Waals surface area contributed by atoms with Gasteiger partial charge in [0.1, 0.15) is 5.82 Å². The number of rotatable bonds is 6. The molecule has 11 heteroatoms. The molecule has 0 saturated carbocycles. The number of aliphatic imine (C=N–C) groups is 1. The molecular weight excluding hydrogens is 441 g/mol. The van der Waals surface area contributed by atoms with Gasteiger partial charge in [-0.25, -0.2) is 9.40 Å². The van der Waals surface area contributed by atoms with Crippen molar-refractivity contribution in [3.05, 3.63) is 65.5 Å². The minimum Gasteiger partial charge on any atom is -0.367 e. The number of nitrogens with one attached hydrogen (secondary N) is 3. The predicted octanol–water partition coefficient (Wildman–Crippen LogP) is 0.0373. The zero-order chi connectivity index (χ0) is 24.3. The highest BCUT2D eigenvalue weighted by Gasteiger charge is 2.52. The van der Waals surface area contributed by atoms with E-state index in [2.05, 4.69) is 26.0 Å². The molecule has 2 atom stereocenters. The van der Waals surface area contributed by atoms with Gasteiger partial charge in [0.05, 0.1) is 6.34 Å². The van der Waals surface area contributed by atoms with E-state index in [9.17, 15) is 18.8 Å². The van der Waals surface area contributed by atoms with Crippen LogP contribution in [0.4, 0.5) is 10.1 Å². The maximum absolute atomic E-state index is 13.1. The van der Waals surface area contributed by atoms with Gasteiger partial charge in [-0.1, -0.05) is 12.1 Å². The molecule has 0 spiro atoms. The normalized spacial score (nSPS) is 22.7. The number of hydrogen-bond donors (Lipinski definition) is 4. The molecule has 0 aliphatic carbocycles. The van der Waals surface area contributed by atoms with E-state index in [0.717, 1.165) is 13.1 Å². The molecule has 5 N–H and O–H groups in total. The number of nitrogens with two attached hydrogens (primary N) is 1. The number of anilines is 1. The standard InChI is InChI=1S/C23H26FN7O3/c1-30-10-12-31(13-11-30)29-21(33)19-23(22(25)34,27-14-26-19)16-4-8-18(9-5-16)28-20(32)15-2-6-17(24)7-3-15/h2-9,14,19H,10-13H2,1H3,(H2,25,34)(H,26,27)(H,28,32)(H,29,33). The SMILES string of the molecule is CN1CCN(NC(=O)C2N=CNC2(C(N)=O)c2ccc(NC(=O)c3ccc(F)cc3)cc2)CC1. The summed E-state index contributed by atoms with van der Waals surface area (Å²) in [6.07, 6.45) is 1.31. The molecule has 10 nitrogen and oxygen atoms in total. The molecular formula is C23H26FN7O3. The van der Waals surface area contributed by atoms with E-state index in [1.165, 1.54) is 30.6 Å². The third-order valence-corrected chi connectivity index (χ3v) is 6.04. The molecule has 1 saturated heterocycles. The molecule has 34 heavy (non-hydrogen) atoms. The lowest BCUT2D eigenvalue weighted by atomic mass is 9.82. The number of hydrogen-bond acceptors (Lipinski definition) is 7. The quantitative estimate of drug-likeness (QED) is 0.474. The first kappa shape index (κ1) is 23.3. The lowest BCUT2D eigenvalue weighted by molar-refractivity contribution is -0.135. The molecule has 178 valence electrons. The van der Waals surface area contributed by atoms with Crippen LogP contribution < -0.4 is 21.8 Å². The fourth-order valence-corrected chi connectivity index (χ4v) is 4.01. The lowest BCUT2D eigenvalue weighted by Gasteiger charge is -2.35. The predicted molar refractivity (Wildman–Crippen MR) is 124 cm³/mol. The van der Waals surface area contributed by atoms with Crippen molar-refractivity contribution in [1.29, 1.82) is 0 Å². The lowest BCUT2D eigenvalue weighted by Crippen LogP contribution is -2.62. The molecule has 1 fully saturated rings. The summed E-state index contributed by atoms with van der Waals surface area (Å²) in [5.41, 5.74) is 8.22. The van der Waals surface area contributed by atoms with E-state index in [1.54, 1.807) is 29.3 Å². The zero-order valence-corrected chi connectivity index (χ0v) is 18.6. The Morgan fingerprint density at radius 1 is 1.06 bits per heavy atom. The molecule has 2 heterocycles. The fourth-order valence-electron chi connectivity index (χ4n) is 4.01. The first-order valence-corrected chi connectivity index (χ1v) is 10.8. The van der Waals surface area contributed by atoms with Gasteiger partial charge in [-0.15, -0.1) is 0 Å². The van der Waals surface area contributed by atoms with E-state index >= 15 is 0 Å². The topological polar surface area (TPSA) is 132 Å². The summed E-state index contributed by atoms with van der Waals surface area (Å²) < 4.78 is 13.1. The number of carbonyl (C=O) groups is 3. The van der Waals surface area contributed by atoms with Gasteiger partial charge in [-0.05, 0) is 49.0 Å². The van der Waals surface area contributed by atoms with Crippen molar-refractivity contribution >= 4 is 29.7 Å². The van der Waals surface area contributed by atoms with Crippen LogP contribution in [0.2, 0.25) is 0 Å². The highest BCUT2D eigenvalue weighted by atomic mass is 19.1. The maximum Gasteiger partial charge on any atom is 0.262 e. The molecule has 2 aromatic rings. The number of hydrazine groups is 1. The molecule has 0 aromatic heterocycles. The summed E-state index contributed by atoms with van der Waals surface area (Å²) in [6, 6.07) is 10.4. The van der Waals surface area contributed by atoms with Crippen LogP contribution in [-0.4, -0.2) is 73.2 Å². The smallest absolute Gasteiger partial charge is 0.262 e. The molecule has 2 aliphatic heterocycles. The number of amides is 3. The Kier molecular flexibility index (Phi) is 6.57. The summed E-state index contributed by atoms with van der Waals surface area (Å²) in [4.78, 5) is 44.4. The van der Waals surface area contributed by atoms with E-state index in [1.807, 2.05) is 7.05 Å². The van der Waals surface area contributed by atoms with Crippen molar-refractivity contribution in [3.8, 4) is 0 Å². The third kappa shape index (κ3) is 4.61. The van der Waals surface area contributed by atoms with Crippen molar-refractivity contribution in [1.82, 2.24) is 20.7 Å². The Morgan fingerprint density at radius 3 is 2.32 bits per heavy atom. The molecule has 2 aliphatic rings. The number of halogens is 1. The van der Waals surface area contributed by atoms with Crippen LogP contribution in [0, 0.1) is 5.82 Å². The number of primary amides is 1. The average molecular weight is 468 g/mol. The molecule has 3 amide bonds. The second kappa shape index (κ2) is 9.57. The number of carbonyl (C=O) groups excluding carboxylic acids is 3. The maximum atomic E-state index is 13.1. The highest BCUT2D eigenvalue weighted by Crippen LogP contribution is 2.31. The van der Waals surface area contributed by atoms with Gasteiger partial charge in [0.25, 0.3) is 17.7 Å². The summed E-state index contributed by atoms with van der Waals surface area (Å²) in [6.45, 7) is 2.91. The Labute approximate surface area is 196 Å². The molecule has 4 rings (SSSR count). The van der Waals surface area contributed by atoms with Crippen LogP contribution in [0.15, 0.2) is 53.5 Å². The first-order chi connectivity index (χ1) is 16.3. The molecule has 2 aromatic carbocycles. The summed E-state index contributed by atoms with van der Waals surface area (Å²) in [5, 5.41) is 7.39. The van der Waals surface area contributed by atoms with E-state index in [-0.39, 0.29) is 0 Å². The van der Waals surface area contributed by atoms with Gasteiger partial charge >= 0.3 is 0 Å². The third-order valence-electron chi connectivity index (χ3n) is 6.04. The Balaban J connectivity index is 1.50. The van der Waals surface area contributed by atoms with Crippen molar-refractivity contribution < 1.29 is 18.8 Å². The number of benzene rings is 2. The van der Waals surface area contributed by atoms with Crippen LogP contribution in [0.3, 0.4) is 0 Å². The fraction of sp³-hybridized carbons (Fsp3) is 0.304. The largest absolute Gasteiger partial charge is 0.367 e. The van der Waals surface area contributed by atoms with Gasteiger partial charge < -0.3 is 21.3 Å². The van der Waals surface area contributed by atoms with Crippen molar-refractivity contribution in [2.45, 2.75) is 11.6 Å². The first-order valence-electron chi connectivity index (χ1n) is 10.8. The van der Waals surface area contributed by atoms with Crippen LogP contribution in [0.1, 0.15) is 15.9 Å². The molecule has 0 bridgehead atoms. The van der Waals surface area contributed by atoms with Gasteiger partial charge in [-0.3, -0.25) is 24.8 Å². The highest BCUT2D eigenvalue weighted by molar-refractivity contribution is 6.04. The zero-order valence-electron chi connectivity index (χ0n) is 18.6. The van der Waals surface area contributed by atoms with Crippen LogP contribution in [0.5, 0.6) is 0 Å². The van der Waals surface area contributed by atoms with Crippen molar-refractivity contribution in [3.63, 3.8) is 0 Å². The van der Waals surface area contributed by atoms with Crippen LogP contribution in [-0.2, 0) is 15.1 Å². The van der Waals surface area contributed by atoms with Crippen molar-refractivity contribution in [2.24, 2.45) is 10.7 Å². The number of nitrogens with zero attached hydrogens (tertiary/aromatic N) is 3. The van der Waals surface area contributed by atoms with Gasteiger partial charge in [0.2, 0.25) is 0 Å². The van der Waals surface area contributed by atoms with E-state index in [0.29, 0.717) is 29.9 Å².